The molecule has 0 aliphatic heterocycles. The van der Waals surface area contributed by atoms with Gasteiger partial charge in [-0.25, -0.2) is 9.97 Å². The number of imidazole rings is 1. The molecule has 0 amide bonds. The first-order valence-corrected chi connectivity index (χ1v) is 5.88. The van der Waals surface area contributed by atoms with Gasteiger partial charge in [0.1, 0.15) is 0 Å². The van der Waals surface area contributed by atoms with Gasteiger partial charge in [0.2, 0.25) is 0 Å². The Labute approximate surface area is 109 Å². The third-order valence-corrected chi connectivity index (χ3v) is 2.84. The molecule has 18 heavy (non-hydrogen) atoms. The van der Waals surface area contributed by atoms with Crippen LogP contribution >= 0.6 is 12.2 Å². The normalized spacial score (nSPS) is 10.4. The highest BCUT2D eigenvalue weighted by Crippen LogP contribution is 2.23. The van der Waals surface area contributed by atoms with E-state index >= 15 is 0 Å². The molecule has 0 saturated heterocycles. The topological polar surface area (TPSA) is 46.5 Å². The van der Waals surface area contributed by atoms with Crippen LogP contribution < -0.4 is 0 Å². The molecule has 1 aromatic carbocycles. The molecule has 4 nitrogen and oxygen atoms in total. The van der Waals surface area contributed by atoms with Crippen molar-refractivity contribution >= 4 is 12.2 Å². The third-order valence-electron chi connectivity index (χ3n) is 2.64. The summed E-state index contributed by atoms with van der Waals surface area (Å²) in [5, 5.41) is 0. The van der Waals surface area contributed by atoms with Crippen molar-refractivity contribution in [1.82, 2.24) is 19.5 Å². The van der Waals surface area contributed by atoms with Crippen molar-refractivity contribution in [1.29, 1.82) is 0 Å². The Balaban J connectivity index is 2.25. The number of benzene rings is 1. The lowest BCUT2D eigenvalue weighted by Gasteiger charge is -2.09. The number of rotatable bonds is 2. The standard InChI is InChI=1S/C13H10N4S/c18-13-15-8-11(17-7-6-14-9-17)12(16-13)10-4-2-1-3-5-10/h1-9H,(H,15,16,18). The fourth-order valence-electron chi connectivity index (χ4n) is 1.81. The van der Waals surface area contributed by atoms with Crippen molar-refractivity contribution in [3.8, 4) is 16.9 Å². The fourth-order valence-corrected chi connectivity index (χ4v) is 1.96. The smallest absolute Gasteiger partial charge is 0.197 e. The zero-order valence-corrected chi connectivity index (χ0v) is 10.3. The Morgan fingerprint density at radius 2 is 2.00 bits per heavy atom. The Hall–Kier alpha value is -2.27. The van der Waals surface area contributed by atoms with E-state index < -0.39 is 0 Å². The maximum absolute atomic E-state index is 5.10. The minimum Gasteiger partial charge on any atom is -0.329 e. The average molecular weight is 254 g/mol. The quantitative estimate of drug-likeness (QED) is 0.715. The summed E-state index contributed by atoms with van der Waals surface area (Å²) in [4.78, 5) is 11.3. The van der Waals surface area contributed by atoms with Crippen LogP contribution in [0.25, 0.3) is 16.9 Å². The van der Waals surface area contributed by atoms with Gasteiger partial charge in [0.25, 0.3) is 0 Å². The second-order valence-corrected chi connectivity index (χ2v) is 4.17. The highest BCUT2D eigenvalue weighted by molar-refractivity contribution is 7.71. The molecule has 0 radical (unpaired) electrons. The molecule has 3 rings (SSSR count). The molecule has 0 unspecified atom stereocenters. The van der Waals surface area contributed by atoms with Crippen LogP contribution in [-0.2, 0) is 0 Å². The van der Waals surface area contributed by atoms with Gasteiger partial charge in [-0.1, -0.05) is 30.3 Å². The van der Waals surface area contributed by atoms with Gasteiger partial charge in [-0.3, -0.25) is 0 Å². The molecule has 0 aliphatic carbocycles. The highest BCUT2D eigenvalue weighted by atomic mass is 32.1. The number of nitrogens with zero attached hydrogens (tertiary/aromatic N) is 3. The first-order chi connectivity index (χ1) is 8.84. The molecule has 0 saturated carbocycles. The first-order valence-electron chi connectivity index (χ1n) is 5.48. The minimum atomic E-state index is 0.470. The molecule has 3 aromatic rings. The number of aromatic nitrogens is 4. The SMILES string of the molecule is S=c1ncc(-n2ccnc2)c(-c2ccccc2)[nH]1. The largest absolute Gasteiger partial charge is 0.329 e. The number of aromatic amines is 1. The van der Waals surface area contributed by atoms with E-state index in [2.05, 4.69) is 15.0 Å². The van der Waals surface area contributed by atoms with E-state index in [1.54, 1.807) is 18.7 Å². The number of hydrogen-bond donors (Lipinski definition) is 1. The Morgan fingerprint density at radius 1 is 1.17 bits per heavy atom. The monoisotopic (exact) mass is 254 g/mol. The predicted molar refractivity (Wildman–Crippen MR) is 72.0 cm³/mol. The molecular formula is C13H10N4S. The number of nitrogens with one attached hydrogen (secondary N) is 1. The van der Waals surface area contributed by atoms with Crippen LogP contribution in [0, 0.1) is 4.77 Å². The molecule has 2 aromatic heterocycles. The molecule has 2 heterocycles. The second kappa shape index (κ2) is 4.54. The summed E-state index contributed by atoms with van der Waals surface area (Å²) in [5.41, 5.74) is 2.93. The molecule has 88 valence electrons. The molecular weight excluding hydrogens is 244 g/mol. The molecule has 5 heteroatoms. The zero-order chi connectivity index (χ0) is 12.4. The summed E-state index contributed by atoms with van der Waals surface area (Å²) < 4.78 is 2.37. The summed E-state index contributed by atoms with van der Waals surface area (Å²) >= 11 is 5.10. The maximum Gasteiger partial charge on any atom is 0.197 e. The molecule has 0 aliphatic rings. The van der Waals surface area contributed by atoms with Gasteiger partial charge < -0.3 is 9.55 Å². The third kappa shape index (κ3) is 1.96. The Bertz CT molecular complexity index is 701. The van der Waals surface area contributed by atoms with E-state index in [-0.39, 0.29) is 0 Å². The van der Waals surface area contributed by atoms with Crippen LogP contribution in [0.1, 0.15) is 0 Å². The van der Waals surface area contributed by atoms with Crippen molar-refractivity contribution in [2.75, 3.05) is 0 Å². The van der Waals surface area contributed by atoms with E-state index in [0.29, 0.717) is 4.77 Å². The number of H-pyrrole nitrogens is 1. The van der Waals surface area contributed by atoms with Gasteiger partial charge in [-0.05, 0) is 12.2 Å². The summed E-state index contributed by atoms with van der Waals surface area (Å²) in [7, 11) is 0. The van der Waals surface area contributed by atoms with Crippen LogP contribution in [0.5, 0.6) is 0 Å². The maximum atomic E-state index is 5.10. The van der Waals surface area contributed by atoms with Crippen molar-refractivity contribution in [2.45, 2.75) is 0 Å². The molecule has 0 fully saturated rings. The van der Waals surface area contributed by atoms with Crippen LogP contribution in [0.15, 0.2) is 55.2 Å². The summed E-state index contributed by atoms with van der Waals surface area (Å²) in [6.45, 7) is 0. The summed E-state index contributed by atoms with van der Waals surface area (Å²) in [6.07, 6.45) is 7.10. The highest BCUT2D eigenvalue weighted by Gasteiger charge is 2.07. The van der Waals surface area contributed by atoms with Gasteiger partial charge in [0, 0.05) is 18.0 Å². The Kier molecular flexibility index (Phi) is 2.74. The van der Waals surface area contributed by atoms with E-state index in [9.17, 15) is 0 Å². The van der Waals surface area contributed by atoms with Crippen molar-refractivity contribution < 1.29 is 0 Å². The Morgan fingerprint density at radius 3 is 2.72 bits per heavy atom. The number of hydrogen-bond acceptors (Lipinski definition) is 3. The first kappa shape index (κ1) is 10.9. The predicted octanol–water partition coefficient (Wildman–Crippen LogP) is 2.99. The van der Waals surface area contributed by atoms with Crippen LogP contribution in [0.4, 0.5) is 0 Å². The van der Waals surface area contributed by atoms with Gasteiger partial charge in [-0.15, -0.1) is 0 Å². The lowest BCUT2D eigenvalue weighted by Crippen LogP contribution is -1.98. The lowest BCUT2D eigenvalue weighted by molar-refractivity contribution is 1.00. The van der Waals surface area contributed by atoms with Crippen molar-refractivity contribution in [3.63, 3.8) is 0 Å². The lowest BCUT2D eigenvalue weighted by atomic mass is 10.1. The fraction of sp³-hybridized carbons (Fsp3) is 0. The van der Waals surface area contributed by atoms with Crippen LogP contribution in [-0.4, -0.2) is 19.5 Å². The van der Waals surface area contributed by atoms with Crippen molar-refractivity contribution in [3.05, 3.63) is 60.0 Å². The minimum absolute atomic E-state index is 0.470. The van der Waals surface area contributed by atoms with Gasteiger partial charge in [0.05, 0.1) is 23.9 Å². The van der Waals surface area contributed by atoms with E-state index in [4.69, 9.17) is 12.2 Å². The summed E-state index contributed by atoms with van der Waals surface area (Å²) in [5.74, 6) is 0. The molecule has 0 bridgehead atoms. The summed E-state index contributed by atoms with van der Waals surface area (Å²) in [6, 6.07) is 10.0. The second-order valence-electron chi connectivity index (χ2n) is 3.78. The molecule has 1 N–H and O–H groups in total. The molecule has 0 spiro atoms. The van der Waals surface area contributed by atoms with Gasteiger partial charge >= 0.3 is 0 Å². The van der Waals surface area contributed by atoms with Crippen LogP contribution in [0.3, 0.4) is 0 Å². The van der Waals surface area contributed by atoms with E-state index in [0.717, 1.165) is 16.9 Å². The molecule has 0 atom stereocenters. The average Bonchev–Trinajstić information content (AvgIpc) is 2.93. The van der Waals surface area contributed by atoms with Gasteiger partial charge in [-0.2, -0.15) is 0 Å². The van der Waals surface area contributed by atoms with Crippen LogP contribution in [0.2, 0.25) is 0 Å². The van der Waals surface area contributed by atoms with E-state index in [1.165, 1.54) is 0 Å². The van der Waals surface area contributed by atoms with E-state index in [1.807, 2.05) is 41.1 Å². The van der Waals surface area contributed by atoms with Crippen molar-refractivity contribution in [2.24, 2.45) is 0 Å². The zero-order valence-electron chi connectivity index (χ0n) is 9.45. The van der Waals surface area contributed by atoms with Gasteiger partial charge in [0.15, 0.2) is 4.77 Å².